The molecule has 0 aliphatic rings. The Bertz CT molecular complexity index is 430. The van der Waals surface area contributed by atoms with E-state index in [0.717, 1.165) is 0 Å². The number of rotatable bonds is 4. The number of nitrogens with zero attached hydrogens (tertiary/aromatic N) is 1. The normalized spacial score (nSPS) is 12.2. The Morgan fingerprint density at radius 1 is 1.29 bits per heavy atom. The van der Waals surface area contributed by atoms with E-state index in [-0.39, 0.29) is 29.3 Å². The van der Waals surface area contributed by atoms with Crippen molar-refractivity contribution < 1.29 is 14.7 Å². The third-order valence-electron chi connectivity index (χ3n) is 2.63. The Labute approximate surface area is 99.9 Å². The molecule has 1 atom stereocenters. The lowest BCUT2D eigenvalue weighted by atomic mass is 9.97. The molecule has 0 bridgehead atoms. The van der Waals surface area contributed by atoms with Crippen molar-refractivity contribution in [1.29, 1.82) is 0 Å². The fourth-order valence-electron chi connectivity index (χ4n) is 1.17. The van der Waals surface area contributed by atoms with E-state index in [1.165, 1.54) is 6.07 Å². The Balaban J connectivity index is 2.78. The molecule has 0 fully saturated rings. The molecule has 5 nitrogen and oxygen atoms in total. The van der Waals surface area contributed by atoms with Crippen molar-refractivity contribution in [2.75, 3.05) is 5.32 Å². The van der Waals surface area contributed by atoms with Gasteiger partial charge in [-0.2, -0.15) is 0 Å². The molecule has 0 spiro atoms. The van der Waals surface area contributed by atoms with E-state index in [1.807, 2.05) is 20.8 Å². The van der Waals surface area contributed by atoms with Gasteiger partial charge in [0.05, 0.1) is 0 Å². The second-order valence-corrected chi connectivity index (χ2v) is 4.24. The van der Waals surface area contributed by atoms with E-state index in [2.05, 4.69) is 10.3 Å². The second-order valence-electron chi connectivity index (χ2n) is 4.24. The molecule has 0 aliphatic carbocycles. The number of pyridine rings is 1. The molecule has 0 saturated heterocycles. The van der Waals surface area contributed by atoms with E-state index in [0.29, 0.717) is 0 Å². The van der Waals surface area contributed by atoms with Crippen LogP contribution in [-0.2, 0) is 4.79 Å². The van der Waals surface area contributed by atoms with Gasteiger partial charge in [-0.1, -0.05) is 26.8 Å². The number of carboxylic acid groups (broad SMARTS) is 1. The first-order valence-corrected chi connectivity index (χ1v) is 5.43. The molecule has 1 rings (SSSR count). The van der Waals surface area contributed by atoms with Crippen molar-refractivity contribution in [3.63, 3.8) is 0 Å². The maximum absolute atomic E-state index is 11.7. The fourth-order valence-corrected chi connectivity index (χ4v) is 1.17. The number of aromatic carboxylic acids is 1. The van der Waals surface area contributed by atoms with Crippen LogP contribution >= 0.6 is 0 Å². The first-order chi connectivity index (χ1) is 7.91. The van der Waals surface area contributed by atoms with Gasteiger partial charge in [-0.3, -0.25) is 4.79 Å². The first kappa shape index (κ1) is 13.2. The molecule has 1 heterocycles. The number of hydrogen-bond donors (Lipinski definition) is 2. The van der Waals surface area contributed by atoms with Crippen LogP contribution in [0.4, 0.5) is 5.82 Å². The van der Waals surface area contributed by atoms with Crippen LogP contribution in [0.1, 0.15) is 31.3 Å². The maximum atomic E-state index is 11.7. The minimum Gasteiger partial charge on any atom is -0.477 e. The highest BCUT2D eigenvalue weighted by Gasteiger charge is 2.17. The van der Waals surface area contributed by atoms with E-state index < -0.39 is 5.97 Å². The Morgan fingerprint density at radius 2 is 1.94 bits per heavy atom. The number of aromatic nitrogens is 1. The lowest BCUT2D eigenvalue weighted by Gasteiger charge is -2.14. The third-order valence-corrected chi connectivity index (χ3v) is 2.63. The van der Waals surface area contributed by atoms with Crippen LogP contribution in [-0.4, -0.2) is 22.0 Å². The van der Waals surface area contributed by atoms with Crippen molar-refractivity contribution in [2.45, 2.75) is 20.8 Å². The molecule has 92 valence electrons. The monoisotopic (exact) mass is 236 g/mol. The number of amides is 1. The molecule has 2 N–H and O–H groups in total. The summed E-state index contributed by atoms with van der Waals surface area (Å²) < 4.78 is 0. The van der Waals surface area contributed by atoms with Gasteiger partial charge in [0.1, 0.15) is 5.82 Å². The number of nitrogens with one attached hydrogen (secondary N) is 1. The van der Waals surface area contributed by atoms with Crippen molar-refractivity contribution in [1.82, 2.24) is 4.98 Å². The Morgan fingerprint density at radius 3 is 2.47 bits per heavy atom. The Hall–Kier alpha value is -1.91. The van der Waals surface area contributed by atoms with Crippen molar-refractivity contribution in [3.05, 3.63) is 23.9 Å². The highest BCUT2D eigenvalue weighted by molar-refractivity contribution is 5.92. The topological polar surface area (TPSA) is 79.3 Å². The number of carbonyl (C=O) groups excluding carboxylic acids is 1. The summed E-state index contributed by atoms with van der Waals surface area (Å²) >= 11 is 0. The number of anilines is 1. The summed E-state index contributed by atoms with van der Waals surface area (Å²) in [6.07, 6.45) is 0. The van der Waals surface area contributed by atoms with Crippen LogP contribution in [0.2, 0.25) is 0 Å². The highest BCUT2D eigenvalue weighted by Crippen LogP contribution is 2.13. The third kappa shape index (κ3) is 3.55. The van der Waals surface area contributed by atoms with Crippen LogP contribution in [0.15, 0.2) is 18.2 Å². The number of carbonyl (C=O) groups is 2. The van der Waals surface area contributed by atoms with Gasteiger partial charge in [0.2, 0.25) is 5.91 Å². The van der Waals surface area contributed by atoms with Crippen LogP contribution in [0.3, 0.4) is 0 Å². The molecular formula is C12H16N2O3. The maximum Gasteiger partial charge on any atom is 0.354 e. The average Bonchev–Trinajstić information content (AvgIpc) is 2.28. The highest BCUT2D eigenvalue weighted by atomic mass is 16.4. The fraction of sp³-hybridized carbons (Fsp3) is 0.417. The molecule has 0 radical (unpaired) electrons. The molecule has 0 saturated carbocycles. The molecule has 17 heavy (non-hydrogen) atoms. The summed E-state index contributed by atoms with van der Waals surface area (Å²) in [7, 11) is 0. The van der Waals surface area contributed by atoms with Crippen LogP contribution in [0.5, 0.6) is 0 Å². The van der Waals surface area contributed by atoms with Crippen LogP contribution < -0.4 is 5.32 Å². The molecule has 5 heteroatoms. The van der Waals surface area contributed by atoms with Gasteiger partial charge >= 0.3 is 5.97 Å². The summed E-state index contributed by atoms with van der Waals surface area (Å²) in [6, 6.07) is 4.49. The Kier molecular flexibility index (Phi) is 4.20. The van der Waals surface area contributed by atoms with Crippen molar-refractivity contribution >= 4 is 17.7 Å². The molecule has 1 aromatic heterocycles. The van der Waals surface area contributed by atoms with E-state index >= 15 is 0 Å². The van der Waals surface area contributed by atoms with E-state index in [4.69, 9.17) is 5.11 Å². The molecule has 0 aromatic carbocycles. The van der Waals surface area contributed by atoms with Gasteiger partial charge < -0.3 is 10.4 Å². The molecule has 1 amide bonds. The number of hydrogen-bond acceptors (Lipinski definition) is 3. The average molecular weight is 236 g/mol. The molecule has 1 aromatic rings. The van der Waals surface area contributed by atoms with Gasteiger partial charge in [0.25, 0.3) is 0 Å². The summed E-state index contributed by atoms with van der Waals surface area (Å²) in [5.74, 6) is -0.932. The van der Waals surface area contributed by atoms with Gasteiger partial charge in [0, 0.05) is 5.92 Å². The number of carboxylic acids is 1. The minimum atomic E-state index is -1.11. The zero-order valence-corrected chi connectivity index (χ0v) is 10.1. The zero-order valence-electron chi connectivity index (χ0n) is 10.1. The van der Waals surface area contributed by atoms with Gasteiger partial charge in [-0.25, -0.2) is 9.78 Å². The smallest absolute Gasteiger partial charge is 0.354 e. The van der Waals surface area contributed by atoms with E-state index in [9.17, 15) is 9.59 Å². The van der Waals surface area contributed by atoms with Gasteiger partial charge in [-0.05, 0) is 18.1 Å². The predicted molar refractivity (Wildman–Crippen MR) is 63.8 cm³/mol. The standard InChI is InChI=1S/C12H16N2O3/c1-7(2)8(3)11(15)14-10-6-4-5-9(13-10)12(16)17/h4-8H,1-3H3,(H,16,17)(H,13,14,15). The van der Waals surface area contributed by atoms with Crippen molar-refractivity contribution in [2.24, 2.45) is 11.8 Å². The molecule has 1 unspecified atom stereocenters. The summed E-state index contributed by atoms with van der Waals surface area (Å²) in [4.78, 5) is 26.3. The SMILES string of the molecule is CC(C)C(C)C(=O)Nc1cccc(C(=O)O)n1. The lowest BCUT2D eigenvalue weighted by Crippen LogP contribution is -2.25. The summed E-state index contributed by atoms with van der Waals surface area (Å²) in [5, 5.41) is 11.4. The van der Waals surface area contributed by atoms with Crippen molar-refractivity contribution in [3.8, 4) is 0 Å². The largest absolute Gasteiger partial charge is 0.477 e. The van der Waals surface area contributed by atoms with Crippen LogP contribution in [0.25, 0.3) is 0 Å². The first-order valence-electron chi connectivity index (χ1n) is 5.43. The second kappa shape index (κ2) is 5.43. The van der Waals surface area contributed by atoms with Gasteiger partial charge in [0.15, 0.2) is 5.69 Å². The quantitative estimate of drug-likeness (QED) is 0.838. The van der Waals surface area contributed by atoms with Crippen LogP contribution in [0, 0.1) is 11.8 Å². The summed E-state index contributed by atoms with van der Waals surface area (Å²) in [6.45, 7) is 5.72. The lowest BCUT2D eigenvalue weighted by molar-refractivity contribution is -0.120. The molecule has 0 aliphatic heterocycles. The minimum absolute atomic E-state index is 0.0833. The molecular weight excluding hydrogens is 220 g/mol. The zero-order chi connectivity index (χ0) is 13.0. The summed E-state index contributed by atoms with van der Waals surface area (Å²) in [5.41, 5.74) is -0.0833. The predicted octanol–water partition coefficient (Wildman–Crippen LogP) is 2.01. The van der Waals surface area contributed by atoms with E-state index in [1.54, 1.807) is 12.1 Å². The van der Waals surface area contributed by atoms with Gasteiger partial charge in [-0.15, -0.1) is 0 Å².